The van der Waals surface area contributed by atoms with Crippen molar-refractivity contribution in [2.24, 2.45) is 4.99 Å². The van der Waals surface area contributed by atoms with Gasteiger partial charge in [-0.25, -0.2) is 4.98 Å². The third kappa shape index (κ3) is 5.94. The van der Waals surface area contributed by atoms with E-state index in [4.69, 9.17) is 9.47 Å². The molecule has 4 heterocycles. The summed E-state index contributed by atoms with van der Waals surface area (Å²) in [5.74, 6) is 1.82. The molecule has 31 heavy (non-hydrogen) atoms. The predicted molar refractivity (Wildman–Crippen MR) is 125 cm³/mol. The highest BCUT2D eigenvalue weighted by molar-refractivity contribution is 7.10. The molecule has 2 aromatic rings. The molecule has 1 atom stereocenters. The lowest BCUT2D eigenvalue weighted by Crippen LogP contribution is -2.46. The molecule has 168 valence electrons. The van der Waals surface area contributed by atoms with Crippen molar-refractivity contribution in [1.29, 1.82) is 0 Å². The SMILES string of the molecule is CN=C(NCc1cccnc1N1CCOCC1)NCC(c1cccs1)N1CCOCC1. The van der Waals surface area contributed by atoms with Crippen molar-refractivity contribution in [3.63, 3.8) is 0 Å². The summed E-state index contributed by atoms with van der Waals surface area (Å²) in [5, 5.41) is 9.15. The summed E-state index contributed by atoms with van der Waals surface area (Å²) in [6.07, 6.45) is 1.86. The van der Waals surface area contributed by atoms with Gasteiger partial charge in [0.25, 0.3) is 0 Å². The number of ether oxygens (including phenoxy) is 2. The summed E-state index contributed by atoms with van der Waals surface area (Å²) in [6.45, 7) is 8.20. The molecular formula is C22H32N6O2S. The number of rotatable bonds is 7. The van der Waals surface area contributed by atoms with Gasteiger partial charge in [0.05, 0.1) is 32.5 Å². The van der Waals surface area contributed by atoms with E-state index in [-0.39, 0.29) is 0 Å². The molecular weight excluding hydrogens is 412 g/mol. The van der Waals surface area contributed by atoms with Gasteiger partial charge >= 0.3 is 0 Å². The number of nitrogens with one attached hydrogen (secondary N) is 2. The summed E-state index contributed by atoms with van der Waals surface area (Å²) in [4.78, 5) is 15.2. The molecule has 2 aliphatic heterocycles. The van der Waals surface area contributed by atoms with Crippen LogP contribution in [0.3, 0.4) is 0 Å². The third-order valence-electron chi connectivity index (χ3n) is 5.67. The van der Waals surface area contributed by atoms with Crippen LogP contribution in [0.25, 0.3) is 0 Å². The Kier molecular flexibility index (Phi) is 8.11. The summed E-state index contributed by atoms with van der Waals surface area (Å²) in [7, 11) is 1.82. The number of morpholine rings is 2. The standard InChI is InChI=1S/C22H32N6O2S/c1-23-22(25-16-18-4-2-6-24-21(18)28-9-13-30-14-10-28)26-17-19(20-5-3-15-31-20)27-7-11-29-12-8-27/h2-6,15,19H,7-14,16-17H2,1H3,(H2,23,25,26). The number of anilines is 1. The van der Waals surface area contributed by atoms with Gasteiger partial charge in [0.1, 0.15) is 5.82 Å². The first kappa shape index (κ1) is 22.0. The number of hydrogen-bond donors (Lipinski definition) is 2. The number of nitrogens with zero attached hydrogens (tertiary/aromatic N) is 4. The van der Waals surface area contributed by atoms with Crippen LogP contribution in [-0.2, 0) is 16.0 Å². The lowest BCUT2D eigenvalue weighted by atomic mass is 10.2. The Hall–Kier alpha value is -2.20. The van der Waals surface area contributed by atoms with Crippen molar-refractivity contribution in [2.45, 2.75) is 12.6 Å². The van der Waals surface area contributed by atoms with Crippen molar-refractivity contribution >= 4 is 23.1 Å². The summed E-state index contributed by atoms with van der Waals surface area (Å²) in [5.41, 5.74) is 1.16. The average Bonchev–Trinajstić information content (AvgIpc) is 3.37. The molecule has 2 aromatic heterocycles. The van der Waals surface area contributed by atoms with Crippen LogP contribution >= 0.6 is 11.3 Å². The minimum atomic E-state index is 0.310. The maximum absolute atomic E-state index is 5.55. The van der Waals surface area contributed by atoms with E-state index in [0.717, 1.165) is 76.5 Å². The molecule has 2 saturated heterocycles. The quantitative estimate of drug-likeness (QED) is 0.498. The van der Waals surface area contributed by atoms with E-state index in [1.165, 1.54) is 4.88 Å². The minimum absolute atomic E-state index is 0.310. The van der Waals surface area contributed by atoms with E-state index >= 15 is 0 Å². The van der Waals surface area contributed by atoms with Crippen LogP contribution in [-0.4, -0.2) is 82.0 Å². The number of aliphatic imine (C=N–C) groups is 1. The fourth-order valence-electron chi connectivity index (χ4n) is 4.00. The van der Waals surface area contributed by atoms with Gasteiger partial charge in [0.2, 0.25) is 0 Å². The van der Waals surface area contributed by atoms with Crippen molar-refractivity contribution in [3.05, 3.63) is 46.3 Å². The van der Waals surface area contributed by atoms with Gasteiger partial charge in [-0.2, -0.15) is 0 Å². The average molecular weight is 445 g/mol. The molecule has 1 unspecified atom stereocenters. The van der Waals surface area contributed by atoms with Crippen molar-refractivity contribution in [3.8, 4) is 0 Å². The van der Waals surface area contributed by atoms with Crippen molar-refractivity contribution in [1.82, 2.24) is 20.5 Å². The lowest BCUT2D eigenvalue weighted by Gasteiger charge is -2.34. The van der Waals surface area contributed by atoms with Gasteiger partial charge < -0.3 is 25.0 Å². The molecule has 8 nitrogen and oxygen atoms in total. The first-order valence-corrected chi connectivity index (χ1v) is 11.8. The van der Waals surface area contributed by atoms with Gasteiger partial charge in [-0.05, 0) is 17.5 Å². The fraction of sp³-hybridized carbons (Fsp3) is 0.545. The van der Waals surface area contributed by atoms with Gasteiger partial charge in [0.15, 0.2) is 5.96 Å². The Morgan fingerprint density at radius 1 is 1.10 bits per heavy atom. The van der Waals surface area contributed by atoms with Gasteiger partial charge in [-0.15, -0.1) is 11.3 Å². The van der Waals surface area contributed by atoms with E-state index in [9.17, 15) is 0 Å². The molecule has 2 fully saturated rings. The maximum Gasteiger partial charge on any atom is 0.191 e. The summed E-state index contributed by atoms with van der Waals surface area (Å²) >= 11 is 1.81. The second-order valence-corrected chi connectivity index (χ2v) is 8.55. The topological polar surface area (TPSA) is 74.2 Å². The molecule has 0 spiro atoms. The zero-order valence-electron chi connectivity index (χ0n) is 18.1. The monoisotopic (exact) mass is 444 g/mol. The minimum Gasteiger partial charge on any atom is -0.379 e. The number of aromatic nitrogens is 1. The largest absolute Gasteiger partial charge is 0.379 e. The molecule has 0 saturated carbocycles. The molecule has 2 aliphatic rings. The number of guanidine groups is 1. The Labute approximate surface area is 188 Å². The fourth-order valence-corrected chi connectivity index (χ4v) is 4.86. The highest BCUT2D eigenvalue weighted by Gasteiger charge is 2.24. The molecule has 0 aliphatic carbocycles. The molecule has 4 rings (SSSR count). The normalized spacial score (nSPS) is 19.3. The van der Waals surface area contributed by atoms with Crippen LogP contribution < -0.4 is 15.5 Å². The second-order valence-electron chi connectivity index (χ2n) is 7.57. The van der Waals surface area contributed by atoms with E-state index in [2.05, 4.69) is 54.0 Å². The second kappa shape index (κ2) is 11.4. The highest BCUT2D eigenvalue weighted by atomic mass is 32.1. The van der Waals surface area contributed by atoms with E-state index < -0.39 is 0 Å². The number of pyridine rings is 1. The van der Waals surface area contributed by atoms with Crippen LogP contribution in [0.15, 0.2) is 40.8 Å². The molecule has 0 amide bonds. The van der Waals surface area contributed by atoms with E-state index in [0.29, 0.717) is 12.6 Å². The van der Waals surface area contributed by atoms with E-state index in [1.807, 2.05) is 19.3 Å². The van der Waals surface area contributed by atoms with Crippen LogP contribution in [0, 0.1) is 0 Å². The Morgan fingerprint density at radius 2 is 1.87 bits per heavy atom. The predicted octanol–water partition coefficient (Wildman–Crippen LogP) is 1.72. The Morgan fingerprint density at radius 3 is 2.58 bits per heavy atom. The van der Waals surface area contributed by atoms with Crippen molar-refractivity contribution < 1.29 is 9.47 Å². The summed E-state index contributed by atoms with van der Waals surface area (Å²) < 4.78 is 11.0. The number of thiophene rings is 1. The van der Waals surface area contributed by atoms with Gasteiger partial charge in [-0.1, -0.05) is 12.1 Å². The third-order valence-corrected chi connectivity index (χ3v) is 6.64. The molecule has 9 heteroatoms. The van der Waals surface area contributed by atoms with Crippen LogP contribution in [0.2, 0.25) is 0 Å². The Balaban J connectivity index is 1.36. The van der Waals surface area contributed by atoms with Crippen LogP contribution in [0.5, 0.6) is 0 Å². The van der Waals surface area contributed by atoms with E-state index in [1.54, 1.807) is 11.3 Å². The molecule has 0 radical (unpaired) electrons. The van der Waals surface area contributed by atoms with Crippen LogP contribution in [0.4, 0.5) is 5.82 Å². The number of hydrogen-bond acceptors (Lipinski definition) is 7. The maximum atomic E-state index is 5.55. The molecule has 2 N–H and O–H groups in total. The zero-order chi connectivity index (χ0) is 21.3. The Bertz CT molecular complexity index is 819. The lowest BCUT2D eigenvalue weighted by molar-refractivity contribution is 0.0177. The smallest absolute Gasteiger partial charge is 0.191 e. The molecule has 0 bridgehead atoms. The first-order valence-electron chi connectivity index (χ1n) is 10.9. The first-order chi connectivity index (χ1) is 15.3. The summed E-state index contributed by atoms with van der Waals surface area (Å²) in [6, 6.07) is 8.76. The highest BCUT2D eigenvalue weighted by Crippen LogP contribution is 2.25. The van der Waals surface area contributed by atoms with Gasteiger partial charge in [-0.3, -0.25) is 9.89 Å². The zero-order valence-corrected chi connectivity index (χ0v) is 18.9. The van der Waals surface area contributed by atoms with Gasteiger partial charge in [0, 0.05) is 63.0 Å². The van der Waals surface area contributed by atoms with Crippen LogP contribution in [0.1, 0.15) is 16.5 Å². The van der Waals surface area contributed by atoms with Crippen molar-refractivity contribution in [2.75, 3.05) is 71.1 Å². The molecule has 0 aromatic carbocycles.